The molecule has 0 unspecified atom stereocenters. The smallest absolute Gasteiger partial charge is 0.126 e. The van der Waals surface area contributed by atoms with Crippen molar-refractivity contribution in [1.82, 2.24) is 5.32 Å². The lowest BCUT2D eigenvalue weighted by Gasteiger charge is -2.11. The highest BCUT2D eigenvalue weighted by Crippen LogP contribution is 2.27. The second-order valence-electron chi connectivity index (χ2n) is 4.52. The van der Waals surface area contributed by atoms with Crippen molar-refractivity contribution in [2.75, 3.05) is 14.2 Å². The quantitative estimate of drug-likeness (QED) is 0.907. The zero-order chi connectivity index (χ0) is 13.8. The molecular weight excluding hydrogens is 241 g/mol. The van der Waals surface area contributed by atoms with Crippen molar-refractivity contribution < 1.29 is 9.13 Å². The van der Waals surface area contributed by atoms with Crippen LogP contribution in [-0.2, 0) is 6.54 Å². The Morgan fingerprint density at radius 1 is 1.11 bits per heavy atom. The largest absolute Gasteiger partial charge is 0.496 e. The van der Waals surface area contributed by atoms with E-state index in [0.717, 1.165) is 22.4 Å². The maximum Gasteiger partial charge on any atom is 0.126 e. The van der Waals surface area contributed by atoms with Crippen LogP contribution in [0.3, 0.4) is 0 Å². The van der Waals surface area contributed by atoms with Gasteiger partial charge in [0.15, 0.2) is 0 Å². The monoisotopic (exact) mass is 259 g/mol. The number of ether oxygens (including phenoxy) is 1. The summed E-state index contributed by atoms with van der Waals surface area (Å²) in [6.07, 6.45) is 0. The van der Waals surface area contributed by atoms with E-state index in [4.69, 9.17) is 4.74 Å². The zero-order valence-corrected chi connectivity index (χ0v) is 11.5. The minimum atomic E-state index is -0.177. The van der Waals surface area contributed by atoms with E-state index in [2.05, 4.69) is 5.32 Å². The molecule has 0 aliphatic heterocycles. The Morgan fingerprint density at radius 2 is 1.79 bits per heavy atom. The highest BCUT2D eigenvalue weighted by atomic mass is 19.1. The maximum absolute atomic E-state index is 13.6. The predicted molar refractivity (Wildman–Crippen MR) is 75.9 cm³/mol. The summed E-state index contributed by atoms with van der Waals surface area (Å²) in [5.74, 6) is 0.661. The Hall–Kier alpha value is -1.87. The van der Waals surface area contributed by atoms with E-state index < -0.39 is 0 Å². The molecule has 0 fully saturated rings. The average Bonchev–Trinajstić information content (AvgIpc) is 2.42. The maximum atomic E-state index is 13.6. The van der Waals surface area contributed by atoms with Crippen molar-refractivity contribution in [2.45, 2.75) is 13.5 Å². The fourth-order valence-electron chi connectivity index (χ4n) is 2.06. The van der Waals surface area contributed by atoms with Crippen LogP contribution in [0, 0.1) is 12.7 Å². The topological polar surface area (TPSA) is 21.3 Å². The first-order valence-corrected chi connectivity index (χ1v) is 6.23. The van der Waals surface area contributed by atoms with Crippen LogP contribution in [0.1, 0.15) is 11.1 Å². The normalized spacial score (nSPS) is 10.5. The molecule has 1 N–H and O–H groups in total. The fraction of sp³-hybridized carbons (Fsp3) is 0.250. The van der Waals surface area contributed by atoms with Crippen LogP contribution in [0.2, 0.25) is 0 Å². The molecular formula is C16H18FNO. The van der Waals surface area contributed by atoms with Gasteiger partial charge in [-0.2, -0.15) is 0 Å². The van der Waals surface area contributed by atoms with Gasteiger partial charge in [-0.1, -0.05) is 18.2 Å². The van der Waals surface area contributed by atoms with E-state index >= 15 is 0 Å². The number of halogens is 1. The molecule has 100 valence electrons. The molecule has 2 nitrogen and oxygen atoms in total. The number of aryl methyl sites for hydroxylation is 1. The number of benzene rings is 2. The van der Waals surface area contributed by atoms with Gasteiger partial charge in [0.25, 0.3) is 0 Å². The van der Waals surface area contributed by atoms with Gasteiger partial charge in [0, 0.05) is 12.1 Å². The highest BCUT2D eigenvalue weighted by molar-refractivity contribution is 5.66. The van der Waals surface area contributed by atoms with Crippen molar-refractivity contribution in [3.63, 3.8) is 0 Å². The summed E-state index contributed by atoms with van der Waals surface area (Å²) in [5, 5.41) is 3.10. The molecule has 0 aromatic heterocycles. The van der Waals surface area contributed by atoms with Crippen LogP contribution in [0.25, 0.3) is 11.1 Å². The van der Waals surface area contributed by atoms with E-state index in [1.165, 1.54) is 0 Å². The third-order valence-electron chi connectivity index (χ3n) is 3.15. The number of methoxy groups -OCH3 is 1. The minimum absolute atomic E-state index is 0.177. The van der Waals surface area contributed by atoms with E-state index in [-0.39, 0.29) is 5.82 Å². The summed E-state index contributed by atoms with van der Waals surface area (Å²) < 4.78 is 18.9. The standard InChI is InChI=1S/C16H18FNO/c1-11-4-5-13(9-15(11)17)12-6-7-16(19-3)14(8-12)10-18-2/h4-9,18H,10H2,1-3H3. The first kappa shape index (κ1) is 13.6. The molecule has 2 aromatic carbocycles. The fourth-order valence-corrected chi connectivity index (χ4v) is 2.06. The summed E-state index contributed by atoms with van der Waals surface area (Å²) in [6.45, 7) is 2.48. The van der Waals surface area contributed by atoms with Gasteiger partial charge in [0.05, 0.1) is 7.11 Å². The van der Waals surface area contributed by atoms with E-state index in [1.54, 1.807) is 26.2 Å². The lowest BCUT2D eigenvalue weighted by molar-refractivity contribution is 0.408. The Kier molecular flexibility index (Phi) is 4.17. The molecule has 0 atom stereocenters. The molecule has 0 heterocycles. The number of hydrogen-bond acceptors (Lipinski definition) is 2. The molecule has 2 aromatic rings. The summed E-state index contributed by atoms with van der Waals surface area (Å²) >= 11 is 0. The SMILES string of the molecule is CNCc1cc(-c2ccc(C)c(F)c2)ccc1OC. The van der Waals surface area contributed by atoms with E-state index in [1.807, 2.05) is 31.3 Å². The minimum Gasteiger partial charge on any atom is -0.496 e. The molecule has 0 aliphatic carbocycles. The lowest BCUT2D eigenvalue weighted by Crippen LogP contribution is -2.06. The molecule has 0 aliphatic rings. The predicted octanol–water partition coefficient (Wildman–Crippen LogP) is 3.53. The van der Waals surface area contributed by atoms with Crippen LogP contribution >= 0.6 is 0 Å². The lowest BCUT2D eigenvalue weighted by atomic mass is 10.0. The third kappa shape index (κ3) is 2.93. The van der Waals surface area contributed by atoms with Crippen LogP contribution in [0.4, 0.5) is 4.39 Å². The molecule has 2 rings (SSSR count). The van der Waals surface area contributed by atoms with Crippen molar-refractivity contribution in [1.29, 1.82) is 0 Å². The van der Waals surface area contributed by atoms with Gasteiger partial charge < -0.3 is 10.1 Å². The number of hydrogen-bond donors (Lipinski definition) is 1. The molecule has 3 heteroatoms. The first-order valence-electron chi connectivity index (χ1n) is 6.23. The molecule has 0 saturated carbocycles. The van der Waals surface area contributed by atoms with Gasteiger partial charge in [0.1, 0.15) is 11.6 Å². The van der Waals surface area contributed by atoms with Gasteiger partial charge in [-0.15, -0.1) is 0 Å². The summed E-state index contributed by atoms with van der Waals surface area (Å²) in [4.78, 5) is 0. The Labute approximate surface area is 113 Å². The molecule has 0 bridgehead atoms. The van der Waals surface area contributed by atoms with Crippen LogP contribution in [0.5, 0.6) is 5.75 Å². The van der Waals surface area contributed by atoms with Crippen molar-refractivity contribution in [2.24, 2.45) is 0 Å². The van der Waals surface area contributed by atoms with Gasteiger partial charge in [-0.25, -0.2) is 4.39 Å². The van der Waals surface area contributed by atoms with Gasteiger partial charge in [-0.05, 0) is 48.9 Å². The molecule has 0 spiro atoms. The second kappa shape index (κ2) is 5.85. The van der Waals surface area contributed by atoms with Gasteiger partial charge in [-0.3, -0.25) is 0 Å². The van der Waals surface area contributed by atoms with Crippen LogP contribution in [-0.4, -0.2) is 14.2 Å². The second-order valence-corrected chi connectivity index (χ2v) is 4.52. The Balaban J connectivity index is 2.44. The van der Waals surface area contributed by atoms with Crippen LogP contribution < -0.4 is 10.1 Å². The van der Waals surface area contributed by atoms with Crippen LogP contribution in [0.15, 0.2) is 36.4 Å². The van der Waals surface area contributed by atoms with Crippen molar-refractivity contribution in [3.8, 4) is 16.9 Å². The highest BCUT2D eigenvalue weighted by Gasteiger charge is 2.07. The Morgan fingerprint density at radius 3 is 2.42 bits per heavy atom. The number of rotatable bonds is 4. The van der Waals surface area contributed by atoms with Crippen molar-refractivity contribution in [3.05, 3.63) is 53.3 Å². The molecule has 0 saturated heterocycles. The summed E-state index contributed by atoms with van der Waals surface area (Å²) in [6, 6.07) is 11.2. The molecule has 19 heavy (non-hydrogen) atoms. The van der Waals surface area contributed by atoms with Crippen molar-refractivity contribution >= 4 is 0 Å². The zero-order valence-electron chi connectivity index (χ0n) is 11.5. The first-order chi connectivity index (χ1) is 9.15. The number of nitrogens with one attached hydrogen (secondary N) is 1. The van der Waals surface area contributed by atoms with E-state index in [9.17, 15) is 4.39 Å². The average molecular weight is 259 g/mol. The molecule has 0 radical (unpaired) electrons. The van der Waals surface area contributed by atoms with Gasteiger partial charge in [0.2, 0.25) is 0 Å². The Bertz CT molecular complexity index is 581. The van der Waals surface area contributed by atoms with E-state index in [0.29, 0.717) is 12.1 Å². The summed E-state index contributed by atoms with van der Waals surface area (Å²) in [5.41, 5.74) is 3.59. The molecule has 0 amide bonds. The summed E-state index contributed by atoms with van der Waals surface area (Å²) in [7, 11) is 3.54. The van der Waals surface area contributed by atoms with Gasteiger partial charge >= 0.3 is 0 Å². The third-order valence-corrected chi connectivity index (χ3v) is 3.15.